The molecule has 0 bridgehead atoms. The van der Waals surface area contributed by atoms with Crippen LogP contribution in [0.2, 0.25) is 0 Å². The summed E-state index contributed by atoms with van der Waals surface area (Å²) in [6, 6.07) is 0. The Hall–Kier alpha value is -2.11. The van der Waals surface area contributed by atoms with E-state index in [2.05, 4.69) is 0 Å². The maximum Gasteiger partial charge on any atom is 0.211 e. The van der Waals surface area contributed by atoms with Crippen molar-refractivity contribution in [2.24, 2.45) is 0 Å². The first-order chi connectivity index (χ1) is 8.15. The third kappa shape index (κ3) is 1.44. The van der Waals surface area contributed by atoms with Gasteiger partial charge in [-0.05, 0) is 0 Å². The molecule has 0 unspecified atom stereocenters. The second-order valence-electron chi connectivity index (χ2n) is 3.36. The predicted octanol–water partition coefficient (Wildman–Crippen LogP) is 0.993. The number of phenolic OH excluding ortho intramolecular Hbond substituents is 1. The van der Waals surface area contributed by atoms with Crippen molar-refractivity contribution >= 4 is 5.78 Å². The lowest BCUT2D eigenvalue weighted by molar-refractivity contribution is 0.0959. The SMILES string of the molecule is COc1c(O)c2c(c(OC)c1OC)OCC2=O. The van der Waals surface area contributed by atoms with Gasteiger partial charge in [0.25, 0.3) is 0 Å². The Bertz CT molecular complexity index is 480. The second-order valence-corrected chi connectivity index (χ2v) is 3.36. The van der Waals surface area contributed by atoms with Crippen molar-refractivity contribution in [2.45, 2.75) is 0 Å². The number of carbonyl (C=O) groups excluding carboxylic acids is 1. The molecule has 0 saturated carbocycles. The topological polar surface area (TPSA) is 74.2 Å². The molecule has 1 aliphatic heterocycles. The van der Waals surface area contributed by atoms with Crippen LogP contribution in [0.5, 0.6) is 28.7 Å². The highest BCUT2D eigenvalue weighted by atomic mass is 16.6. The van der Waals surface area contributed by atoms with Crippen molar-refractivity contribution in [1.29, 1.82) is 0 Å². The van der Waals surface area contributed by atoms with Crippen molar-refractivity contribution in [1.82, 2.24) is 0 Å². The van der Waals surface area contributed by atoms with Gasteiger partial charge < -0.3 is 24.1 Å². The van der Waals surface area contributed by atoms with Gasteiger partial charge in [0.2, 0.25) is 23.0 Å². The van der Waals surface area contributed by atoms with E-state index in [1.807, 2.05) is 0 Å². The average Bonchev–Trinajstić information content (AvgIpc) is 2.71. The number of ether oxygens (including phenoxy) is 4. The lowest BCUT2D eigenvalue weighted by atomic mass is 10.1. The summed E-state index contributed by atoms with van der Waals surface area (Å²) in [5.41, 5.74) is 0.0690. The van der Waals surface area contributed by atoms with Gasteiger partial charge in [-0.2, -0.15) is 0 Å². The molecule has 0 fully saturated rings. The molecule has 6 heteroatoms. The van der Waals surface area contributed by atoms with Gasteiger partial charge in [0.1, 0.15) is 5.56 Å². The van der Waals surface area contributed by atoms with E-state index in [1.54, 1.807) is 0 Å². The third-order valence-electron chi connectivity index (χ3n) is 2.54. The number of carbonyl (C=O) groups is 1. The van der Waals surface area contributed by atoms with Crippen LogP contribution in [0.1, 0.15) is 10.4 Å². The Morgan fingerprint density at radius 1 is 1.06 bits per heavy atom. The van der Waals surface area contributed by atoms with Gasteiger partial charge in [-0.1, -0.05) is 0 Å². The van der Waals surface area contributed by atoms with Gasteiger partial charge in [-0.3, -0.25) is 4.79 Å². The Labute approximate surface area is 97.7 Å². The standard InChI is InChI=1S/C11H12O6/c1-14-9-7(13)6-5(12)4-17-8(6)10(15-2)11(9)16-3/h13H,4H2,1-3H3. The summed E-state index contributed by atoms with van der Waals surface area (Å²) in [7, 11) is 4.19. The number of Topliss-reactive ketones (excluding diaryl/α,β-unsaturated/α-hetero) is 1. The van der Waals surface area contributed by atoms with Crippen LogP contribution in [0.4, 0.5) is 0 Å². The van der Waals surface area contributed by atoms with Crippen LogP contribution in [-0.2, 0) is 0 Å². The van der Waals surface area contributed by atoms with Crippen molar-refractivity contribution in [3.05, 3.63) is 5.56 Å². The molecule has 2 rings (SSSR count). The van der Waals surface area contributed by atoms with Gasteiger partial charge in [-0.15, -0.1) is 0 Å². The smallest absolute Gasteiger partial charge is 0.211 e. The fraction of sp³-hybridized carbons (Fsp3) is 0.364. The van der Waals surface area contributed by atoms with E-state index in [9.17, 15) is 9.90 Å². The summed E-state index contributed by atoms with van der Waals surface area (Å²) in [6.45, 7) is -0.129. The first kappa shape index (κ1) is 11.4. The lowest BCUT2D eigenvalue weighted by Crippen LogP contribution is -2.00. The molecular weight excluding hydrogens is 228 g/mol. The van der Waals surface area contributed by atoms with E-state index in [0.717, 1.165) is 0 Å². The summed E-state index contributed by atoms with van der Waals surface area (Å²) in [5.74, 6) is 0.0675. The number of benzene rings is 1. The summed E-state index contributed by atoms with van der Waals surface area (Å²) < 4.78 is 20.4. The molecule has 1 aliphatic rings. The van der Waals surface area contributed by atoms with Gasteiger partial charge in [-0.25, -0.2) is 0 Å². The lowest BCUT2D eigenvalue weighted by Gasteiger charge is -2.16. The fourth-order valence-electron chi connectivity index (χ4n) is 1.81. The molecule has 1 N–H and O–H groups in total. The molecule has 0 atom stereocenters. The molecule has 0 aliphatic carbocycles. The number of aromatic hydroxyl groups is 1. The zero-order valence-electron chi connectivity index (χ0n) is 9.70. The van der Waals surface area contributed by atoms with Crippen molar-refractivity contribution in [3.8, 4) is 28.7 Å². The predicted molar refractivity (Wildman–Crippen MR) is 57.6 cm³/mol. The highest BCUT2D eigenvalue weighted by Gasteiger charge is 2.35. The van der Waals surface area contributed by atoms with Crippen molar-refractivity contribution in [2.75, 3.05) is 27.9 Å². The maximum absolute atomic E-state index is 11.6. The number of fused-ring (bicyclic) bond motifs is 1. The number of hydrogen-bond acceptors (Lipinski definition) is 6. The Kier molecular flexibility index (Phi) is 2.71. The van der Waals surface area contributed by atoms with Gasteiger partial charge in [0.15, 0.2) is 18.1 Å². The van der Waals surface area contributed by atoms with Crippen LogP contribution < -0.4 is 18.9 Å². The van der Waals surface area contributed by atoms with Crippen LogP contribution in [0.3, 0.4) is 0 Å². The highest BCUT2D eigenvalue weighted by Crippen LogP contribution is 2.54. The van der Waals surface area contributed by atoms with Crippen LogP contribution in [0.25, 0.3) is 0 Å². The molecule has 92 valence electrons. The van der Waals surface area contributed by atoms with Crippen LogP contribution in [0, 0.1) is 0 Å². The van der Waals surface area contributed by atoms with Crippen LogP contribution in [0.15, 0.2) is 0 Å². The van der Waals surface area contributed by atoms with Crippen molar-refractivity contribution < 1.29 is 28.8 Å². The summed E-state index contributed by atoms with van der Waals surface area (Å²) in [6.07, 6.45) is 0. The van der Waals surface area contributed by atoms with E-state index >= 15 is 0 Å². The minimum atomic E-state index is -0.322. The van der Waals surface area contributed by atoms with E-state index in [1.165, 1.54) is 21.3 Å². The molecular formula is C11H12O6. The number of methoxy groups -OCH3 is 3. The van der Waals surface area contributed by atoms with Crippen molar-refractivity contribution in [3.63, 3.8) is 0 Å². The molecule has 1 aromatic carbocycles. The zero-order chi connectivity index (χ0) is 12.6. The Morgan fingerprint density at radius 2 is 1.65 bits per heavy atom. The number of rotatable bonds is 3. The number of ketones is 1. The summed E-state index contributed by atoms with van der Waals surface area (Å²) >= 11 is 0. The summed E-state index contributed by atoms with van der Waals surface area (Å²) in [5, 5.41) is 9.95. The molecule has 0 radical (unpaired) electrons. The molecule has 0 amide bonds. The van der Waals surface area contributed by atoms with E-state index in [0.29, 0.717) is 0 Å². The minimum Gasteiger partial charge on any atom is -0.504 e. The number of phenols is 1. The van der Waals surface area contributed by atoms with E-state index < -0.39 is 0 Å². The van der Waals surface area contributed by atoms with Gasteiger partial charge in [0, 0.05) is 0 Å². The maximum atomic E-state index is 11.6. The summed E-state index contributed by atoms with van der Waals surface area (Å²) in [4.78, 5) is 11.6. The molecule has 17 heavy (non-hydrogen) atoms. The quantitative estimate of drug-likeness (QED) is 0.849. The van der Waals surface area contributed by atoms with Gasteiger partial charge >= 0.3 is 0 Å². The number of hydrogen-bond donors (Lipinski definition) is 1. The normalized spacial score (nSPS) is 13.0. The molecule has 1 heterocycles. The fourth-order valence-corrected chi connectivity index (χ4v) is 1.81. The third-order valence-corrected chi connectivity index (χ3v) is 2.54. The average molecular weight is 240 g/mol. The van der Waals surface area contributed by atoms with Crippen LogP contribution >= 0.6 is 0 Å². The first-order valence-corrected chi connectivity index (χ1v) is 4.86. The monoisotopic (exact) mass is 240 g/mol. The molecule has 6 nitrogen and oxygen atoms in total. The zero-order valence-corrected chi connectivity index (χ0v) is 9.70. The molecule has 0 saturated heterocycles. The Morgan fingerprint density at radius 3 is 2.18 bits per heavy atom. The van der Waals surface area contributed by atoms with E-state index in [-0.39, 0.29) is 46.7 Å². The molecule has 0 spiro atoms. The molecule has 1 aromatic rings. The first-order valence-electron chi connectivity index (χ1n) is 4.86. The second kappa shape index (κ2) is 4.04. The van der Waals surface area contributed by atoms with Gasteiger partial charge in [0.05, 0.1) is 21.3 Å². The van der Waals surface area contributed by atoms with E-state index in [4.69, 9.17) is 18.9 Å². The largest absolute Gasteiger partial charge is 0.504 e. The minimum absolute atomic E-state index is 0.0574. The Balaban J connectivity index is 2.80. The highest BCUT2D eigenvalue weighted by molar-refractivity contribution is 6.07. The van der Waals surface area contributed by atoms with Crippen LogP contribution in [-0.4, -0.2) is 38.8 Å². The molecule has 0 aromatic heterocycles.